The second-order valence-corrected chi connectivity index (χ2v) is 4.13. The van der Waals surface area contributed by atoms with E-state index in [1.807, 2.05) is 18.2 Å². The molecule has 0 aliphatic carbocycles. The molecule has 2 atom stereocenters. The van der Waals surface area contributed by atoms with Crippen LogP contribution in [0.2, 0.25) is 0 Å². The van der Waals surface area contributed by atoms with Crippen LogP contribution in [0.1, 0.15) is 5.56 Å². The van der Waals surface area contributed by atoms with E-state index in [9.17, 15) is 10.2 Å². The van der Waals surface area contributed by atoms with Crippen LogP contribution in [0, 0.1) is 0 Å². The van der Waals surface area contributed by atoms with Gasteiger partial charge in [0.1, 0.15) is 0 Å². The normalized spacial score (nSPS) is 27.1. The van der Waals surface area contributed by atoms with Gasteiger partial charge in [0.05, 0.1) is 12.2 Å². The van der Waals surface area contributed by atoms with Crippen LogP contribution < -0.4 is 0 Å². The number of benzene rings is 1. The van der Waals surface area contributed by atoms with Crippen molar-refractivity contribution < 1.29 is 10.2 Å². The van der Waals surface area contributed by atoms with Gasteiger partial charge >= 0.3 is 0 Å². The largest absolute Gasteiger partial charge is 0.389 e. The van der Waals surface area contributed by atoms with Gasteiger partial charge in [-0.2, -0.15) is 0 Å². The van der Waals surface area contributed by atoms with Crippen LogP contribution in [0.3, 0.4) is 0 Å². The van der Waals surface area contributed by atoms with E-state index in [-0.39, 0.29) is 0 Å². The smallest absolute Gasteiger partial charge is 0.0938 e. The molecule has 15 heavy (non-hydrogen) atoms. The highest BCUT2D eigenvalue weighted by atomic mass is 16.3. The lowest BCUT2D eigenvalue weighted by atomic mass is 10.1. The van der Waals surface area contributed by atoms with Gasteiger partial charge in [0.25, 0.3) is 0 Å². The fourth-order valence-corrected chi connectivity index (χ4v) is 1.96. The second-order valence-electron chi connectivity index (χ2n) is 4.13. The minimum absolute atomic E-state index is 0.569. The number of likely N-dealkylation sites (tertiary alicyclic amines) is 1. The molecule has 2 N–H and O–H groups in total. The molecule has 0 saturated carbocycles. The average Bonchev–Trinajstić information content (AvgIpc) is 2.57. The summed E-state index contributed by atoms with van der Waals surface area (Å²) in [6.07, 6.45) is -0.165. The van der Waals surface area contributed by atoms with Crippen LogP contribution in [0.5, 0.6) is 0 Å². The van der Waals surface area contributed by atoms with Gasteiger partial charge in [-0.15, -0.1) is 0 Å². The van der Waals surface area contributed by atoms with Crippen molar-refractivity contribution >= 4 is 0 Å². The van der Waals surface area contributed by atoms with E-state index in [4.69, 9.17) is 0 Å². The Morgan fingerprint density at radius 2 is 1.67 bits per heavy atom. The van der Waals surface area contributed by atoms with Gasteiger partial charge in [-0.05, 0) is 12.0 Å². The number of β-amino-alcohol motifs (C(OH)–C–C–N with tert-alkyl or cyclic N) is 2. The number of hydrogen-bond donors (Lipinski definition) is 2. The Hall–Kier alpha value is -0.900. The van der Waals surface area contributed by atoms with Gasteiger partial charge in [0.15, 0.2) is 0 Å². The highest BCUT2D eigenvalue weighted by Crippen LogP contribution is 2.10. The predicted octanol–water partition coefficient (Wildman–Crippen LogP) is 0.267. The standard InChI is InChI=1S/C12H17NO2/c14-11-8-13(9-12(11)15)7-6-10-4-2-1-3-5-10/h1-5,11-12,14-15H,6-9H2/t11-,12+. The van der Waals surface area contributed by atoms with Crippen LogP contribution in [-0.2, 0) is 6.42 Å². The number of hydrogen-bond acceptors (Lipinski definition) is 3. The Morgan fingerprint density at radius 1 is 1.07 bits per heavy atom. The summed E-state index contributed by atoms with van der Waals surface area (Å²) in [4.78, 5) is 2.10. The monoisotopic (exact) mass is 207 g/mol. The van der Waals surface area contributed by atoms with Crippen molar-refractivity contribution in [3.8, 4) is 0 Å². The molecular weight excluding hydrogens is 190 g/mol. The molecule has 1 aromatic rings. The van der Waals surface area contributed by atoms with Crippen molar-refractivity contribution in [2.45, 2.75) is 18.6 Å². The Balaban J connectivity index is 1.80. The first kappa shape index (κ1) is 10.6. The molecular formula is C12H17NO2. The Morgan fingerprint density at radius 3 is 2.27 bits per heavy atom. The van der Waals surface area contributed by atoms with Crippen molar-refractivity contribution in [3.05, 3.63) is 35.9 Å². The lowest BCUT2D eigenvalue weighted by molar-refractivity contribution is 0.0572. The van der Waals surface area contributed by atoms with Gasteiger partial charge in [0.2, 0.25) is 0 Å². The molecule has 0 amide bonds. The van der Waals surface area contributed by atoms with E-state index >= 15 is 0 Å². The Labute approximate surface area is 90.0 Å². The molecule has 0 bridgehead atoms. The number of rotatable bonds is 3. The third-order valence-electron chi connectivity index (χ3n) is 2.89. The van der Waals surface area contributed by atoms with Gasteiger partial charge in [-0.25, -0.2) is 0 Å². The van der Waals surface area contributed by atoms with Gasteiger partial charge < -0.3 is 10.2 Å². The summed E-state index contributed by atoms with van der Waals surface area (Å²) >= 11 is 0. The fraction of sp³-hybridized carbons (Fsp3) is 0.500. The number of aliphatic hydroxyl groups is 2. The third-order valence-corrected chi connectivity index (χ3v) is 2.89. The lowest BCUT2D eigenvalue weighted by Crippen LogP contribution is -2.24. The zero-order chi connectivity index (χ0) is 10.7. The molecule has 0 radical (unpaired) electrons. The summed E-state index contributed by atoms with van der Waals surface area (Å²) < 4.78 is 0. The molecule has 1 aromatic carbocycles. The molecule has 0 spiro atoms. The van der Waals surface area contributed by atoms with Crippen LogP contribution in [0.4, 0.5) is 0 Å². The zero-order valence-electron chi connectivity index (χ0n) is 8.71. The van der Waals surface area contributed by atoms with E-state index in [2.05, 4.69) is 17.0 Å². The minimum Gasteiger partial charge on any atom is -0.389 e. The Bertz CT molecular complexity index is 292. The van der Waals surface area contributed by atoms with Gasteiger partial charge in [-0.1, -0.05) is 30.3 Å². The third kappa shape index (κ3) is 2.78. The summed E-state index contributed by atoms with van der Waals surface area (Å²) in [5, 5.41) is 18.7. The van der Waals surface area contributed by atoms with Crippen molar-refractivity contribution in [2.75, 3.05) is 19.6 Å². The minimum atomic E-state index is -0.569. The molecule has 1 fully saturated rings. The van der Waals surface area contributed by atoms with Crippen molar-refractivity contribution in [1.29, 1.82) is 0 Å². The summed E-state index contributed by atoms with van der Waals surface area (Å²) in [5.41, 5.74) is 1.30. The van der Waals surface area contributed by atoms with E-state index in [0.717, 1.165) is 13.0 Å². The molecule has 2 rings (SSSR count). The number of nitrogens with zero attached hydrogens (tertiary/aromatic N) is 1. The van der Waals surface area contributed by atoms with Crippen LogP contribution >= 0.6 is 0 Å². The zero-order valence-corrected chi connectivity index (χ0v) is 8.71. The predicted molar refractivity (Wildman–Crippen MR) is 58.6 cm³/mol. The molecule has 3 nitrogen and oxygen atoms in total. The lowest BCUT2D eigenvalue weighted by Gasteiger charge is -2.14. The van der Waals surface area contributed by atoms with E-state index in [1.54, 1.807) is 0 Å². The number of aliphatic hydroxyl groups excluding tert-OH is 2. The van der Waals surface area contributed by atoms with Crippen LogP contribution in [-0.4, -0.2) is 47.0 Å². The first-order valence-electron chi connectivity index (χ1n) is 5.38. The molecule has 0 aromatic heterocycles. The summed E-state index contributed by atoms with van der Waals surface area (Å²) in [6.45, 7) is 2.08. The average molecular weight is 207 g/mol. The van der Waals surface area contributed by atoms with E-state index in [0.29, 0.717) is 13.1 Å². The molecule has 1 aliphatic heterocycles. The van der Waals surface area contributed by atoms with E-state index < -0.39 is 12.2 Å². The second kappa shape index (κ2) is 4.75. The van der Waals surface area contributed by atoms with Gasteiger partial charge in [-0.3, -0.25) is 4.90 Å². The highest BCUT2D eigenvalue weighted by Gasteiger charge is 2.28. The molecule has 1 aliphatic rings. The summed E-state index contributed by atoms with van der Waals surface area (Å²) in [5.74, 6) is 0. The van der Waals surface area contributed by atoms with Crippen LogP contribution in [0.25, 0.3) is 0 Å². The molecule has 1 saturated heterocycles. The van der Waals surface area contributed by atoms with E-state index in [1.165, 1.54) is 5.56 Å². The summed E-state index contributed by atoms with van der Waals surface area (Å²) in [7, 11) is 0. The van der Waals surface area contributed by atoms with Crippen LogP contribution in [0.15, 0.2) is 30.3 Å². The topological polar surface area (TPSA) is 43.7 Å². The Kier molecular flexibility index (Phi) is 3.36. The maximum Gasteiger partial charge on any atom is 0.0938 e. The van der Waals surface area contributed by atoms with Crippen molar-refractivity contribution in [1.82, 2.24) is 4.90 Å². The first-order chi connectivity index (χ1) is 7.25. The molecule has 82 valence electrons. The quantitative estimate of drug-likeness (QED) is 0.747. The fourth-order valence-electron chi connectivity index (χ4n) is 1.96. The van der Waals surface area contributed by atoms with Gasteiger partial charge in [0, 0.05) is 19.6 Å². The molecule has 1 heterocycles. The maximum atomic E-state index is 9.37. The van der Waals surface area contributed by atoms with Crippen molar-refractivity contribution in [2.24, 2.45) is 0 Å². The maximum absolute atomic E-state index is 9.37. The summed E-state index contributed by atoms with van der Waals surface area (Å²) in [6, 6.07) is 10.3. The highest BCUT2D eigenvalue weighted by molar-refractivity contribution is 5.14. The first-order valence-corrected chi connectivity index (χ1v) is 5.38. The molecule has 0 unspecified atom stereocenters. The SMILES string of the molecule is O[C@@H]1CN(CCc2ccccc2)C[C@@H]1O. The van der Waals surface area contributed by atoms with Crippen molar-refractivity contribution in [3.63, 3.8) is 0 Å². The molecule has 3 heteroatoms.